The Labute approximate surface area is 115 Å². The molecule has 6 heteroatoms. The van der Waals surface area contributed by atoms with Crippen molar-refractivity contribution in [1.82, 2.24) is 5.32 Å². The molecule has 2 N–H and O–H groups in total. The fraction of sp³-hybridized carbons (Fsp3) is 0.286. The predicted octanol–water partition coefficient (Wildman–Crippen LogP) is 1.19. The van der Waals surface area contributed by atoms with Gasteiger partial charge in [-0.2, -0.15) is 0 Å². The Bertz CT molecular complexity index is 524. The van der Waals surface area contributed by atoms with Crippen LogP contribution in [0.3, 0.4) is 0 Å². The number of halogens is 1. The summed E-state index contributed by atoms with van der Waals surface area (Å²) < 4.78 is 18.0. The van der Waals surface area contributed by atoms with E-state index in [4.69, 9.17) is 16.3 Å². The maximum absolute atomic E-state index is 12.9. The molecule has 5 nitrogen and oxygen atoms in total. The zero-order chi connectivity index (χ0) is 15.0. The highest BCUT2D eigenvalue weighted by Gasteiger charge is 2.18. The number of hydrogen-bond donors (Lipinski definition) is 2. The van der Waals surface area contributed by atoms with Crippen LogP contribution < -0.4 is 10.1 Å². The first-order valence-corrected chi connectivity index (χ1v) is 5.87. The number of benzene rings is 1. The van der Waals surface area contributed by atoms with E-state index >= 15 is 0 Å². The van der Waals surface area contributed by atoms with Crippen LogP contribution in [0.15, 0.2) is 24.3 Å². The SMILES string of the molecule is C#CCC(NC(=O)CCOc1cccc(F)c1)C(=O)O. The molecule has 0 radical (unpaired) electrons. The normalized spacial score (nSPS) is 11.2. The van der Waals surface area contributed by atoms with Crippen molar-refractivity contribution in [2.45, 2.75) is 18.9 Å². The number of carbonyl (C=O) groups excluding carboxylic acids is 1. The van der Waals surface area contributed by atoms with Crippen molar-refractivity contribution < 1.29 is 23.8 Å². The van der Waals surface area contributed by atoms with Gasteiger partial charge in [0.2, 0.25) is 5.91 Å². The van der Waals surface area contributed by atoms with Gasteiger partial charge in [-0.05, 0) is 12.1 Å². The van der Waals surface area contributed by atoms with E-state index in [9.17, 15) is 14.0 Å². The summed E-state index contributed by atoms with van der Waals surface area (Å²) in [6.45, 7) is 0.0116. The molecule has 0 bridgehead atoms. The van der Waals surface area contributed by atoms with Gasteiger partial charge in [-0.1, -0.05) is 6.07 Å². The van der Waals surface area contributed by atoms with Crippen molar-refractivity contribution in [2.75, 3.05) is 6.61 Å². The number of amides is 1. The molecule has 0 aliphatic heterocycles. The van der Waals surface area contributed by atoms with E-state index in [1.54, 1.807) is 6.07 Å². The van der Waals surface area contributed by atoms with Gasteiger partial charge in [0.05, 0.1) is 13.0 Å². The van der Waals surface area contributed by atoms with E-state index in [2.05, 4.69) is 11.2 Å². The Morgan fingerprint density at radius 3 is 2.85 bits per heavy atom. The van der Waals surface area contributed by atoms with E-state index in [-0.39, 0.29) is 19.4 Å². The Morgan fingerprint density at radius 1 is 1.50 bits per heavy atom. The molecule has 0 fully saturated rings. The lowest BCUT2D eigenvalue weighted by atomic mass is 10.2. The molecule has 1 rings (SSSR count). The lowest BCUT2D eigenvalue weighted by Crippen LogP contribution is -2.40. The van der Waals surface area contributed by atoms with Crippen LogP contribution in [0.4, 0.5) is 4.39 Å². The van der Waals surface area contributed by atoms with Crippen molar-refractivity contribution in [2.24, 2.45) is 0 Å². The minimum Gasteiger partial charge on any atom is -0.493 e. The average Bonchev–Trinajstić information content (AvgIpc) is 2.38. The first-order valence-electron chi connectivity index (χ1n) is 5.87. The smallest absolute Gasteiger partial charge is 0.327 e. The highest BCUT2D eigenvalue weighted by atomic mass is 19.1. The molecule has 0 aliphatic rings. The molecule has 106 valence electrons. The van der Waals surface area contributed by atoms with Crippen molar-refractivity contribution in [3.05, 3.63) is 30.1 Å². The minimum absolute atomic E-state index is 0.0116. The number of carboxylic acid groups (broad SMARTS) is 1. The zero-order valence-corrected chi connectivity index (χ0v) is 10.6. The molecule has 1 unspecified atom stereocenters. The van der Waals surface area contributed by atoms with E-state index in [0.29, 0.717) is 5.75 Å². The molecule has 20 heavy (non-hydrogen) atoms. The molecular formula is C14H14FNO4. The summed E-state index contributed by atoms with van der Waals surface area (Å²) in [5, 5.41) is 11.1. The number of carboxylic acids is 1. The molecule has 0 aliphatic carbocycles. The highest BCUT2D eigenvalue weighted by Crippen LogP contribution is 2.11. The van der Waals surface area contributed by atoms with Gasteiger partial charge < -0.3 is 15.2 Å². The van der Waals surface area contributed by atoms with Gasteiger partial charge in [-0.25, -0.2) is 9.18 Å². The Kier molecular flexibility index (Phi) is 6.04. The number of carbonyl (C=O) groups is 2. The van der Waals surface area contributed by atoms with Crippen LogP contribution in [-0.2, 0) is 9.59 Å². The zero-order valence-electron chi connectivity index (χ0n) is 10.6. The number of terminal acetylenes is 1. The van der Waals surface area contributed by atoms with Crippen LogP contribution >= 0.6 is 0 Å². The van der Waals surface area contributed by atoms with Gasteiger partial charge in [0.1, 0.15) is 17.6 Å². The minimum atomic E-state index is -1.19. The Balaban J connectivity index is 2.36. The summed E-state index contributed by atoms with van der Waals surface area (Å²) in [6.07, 6.45) is 4.87. The molecule has 1 atom stereocenters. The summed E-state index contributed by atoms with van der Waals surface area (Å²) in [5.41, 5.74) is 0. The molecule has 0 aromatic heterocycles. The second-order valence-electron chi connectivity index (χ2n) is 3.92. The van der Waals surface area contributed by atoms with Crippen molar-refractivity contribution in [3.8, 4) is 18.1 Å². The predicted molar refractivity (Wildman–Crippen MR) is 69.5 cm³/mol. The number of rotatable bonds is 7. The summed E-state index contributed by atoms with van der Waals surface area (Å²) in [7, 11) is 0. The summed E-state index contributed by atoms with van der Waals surface area (Å²) in [6, 6.07) is 4.40. The third-order valence-electron chi connectivity index (χ3n) is 2.35. The maximum Gasteiger partial charge on any atom is 0.327 e. The first kappa shape index (κ1) is 15.5. The van der Waals surface area contributed by atoms with Gasteiger partial charge in [-0.15, -0.1) is 12.3 Å². The Hall–Kier alpha value is -2.55. The second-order valence-corrected chi connectivity index (χ2v) is 3.92. The monoisotopic (exact) mass is 279 g/mol. The van der Waals surface area contributed by atoms with E-state index in [0.717, 1.165) is 0 Å². The quantitative estimate of drug-likeness (QED) is 0.735. The van der Waals surface area contributed by atoms with Crippen molar-refractivity contribution in [1.29, 1.82) is 0 Å². The van der Waals surface area contributed by atoms with Gasteiger partial charge in [0, 0.05) is 12.5 Å². The fourth-order valence-corrected chi connectivity index (χ4v) is 1.40. The summed E-state index contributed by atoms with van der Waals surface area (Å²) in [4.78, 5) is 22.3. The molecule has 0 saturated carbocycles. The van der Waals surface area contributed by atoms with Crippen LogP contribution in [0.25, 0.3) is 0 Å². The van der Waals surface area contributed by atoms with Crippen LogP contribution in [0.2, 0.25) is 0 Å². The highest BCUT2D eigenvalue weighted by molar-refractivity contribution is 5.83. The molecule has 0 spiro atoms. The van der Waals surface area contributed by atoms with Gasteiger partial charge in [-0.3, -0.25) is 4.79 Å². The molecule has 1 amide bonds. The number of aliphatic carboxylic acids is 1. The maximum atomic E-state index is 12.9. The van der Waals surface area contributed by atoms with Gasteiger partial charge in [0.25, 0.3) is 0 Å². The van der Waals surface area contributed by atoms with E-state index in [1.807, 2.05) is 0 Å². The lowest BCUT2D eigenvalue weighted by molar-refractivity contribution is -0.141. The van der Waals surface area contributed by atoms with Gasteiger partial charge >= 0.3 is 5.97 Å². The average molecular weight is 279 g/mol. The Morgan fingerprint density at radius 2 is 2.25 bits per heavy atom. The second kappa shape index (κ2) is 7.79. The van der Waals surface area contributed by atoms with Gasteiger partial charge in [0.15, 0.2) is 0 Å². The fourth-order valence-electron chi connectivity index (χ4n) is 1.40. The van der Waals surface area contributed by atoms with E-state index < -0.39 is 23.7 Å². The number of hydrogen-bond acceptors (Lipinski definition) is 3. The van der Waals surface area contributed by atoms with Crippen LogP contribution in [0.5, 0.6) is 5.75 Å². The largest absolute Gasteiger partial charge is 0.493 e. The summed E-state index contributed by atoms with van der Waals surface area (Å²) >= 11 is 0. The van der Waals surface area contributed by atoms with Crippen LogP contribution in [0, 0.1) is 18.2 Å². The third-order valence-corrected chi connectivity index (χ3v) is 2.35. The van der Waals surface area contributed by atoms with Crippen molar-refractivity contribution in [3.63, 3.8) is 0 Å². The standard InChI is InChI=1S/C14H14FNO4/c1-2-4-12(14(18)19)16-13(17)7-8-20-11-6-3-5-10(15)9-11/h1,3,5-6,9,12H,4,7-8H2,(H,16,17)(H,18,19). The number of ether oxygens (including phenoxy) is 1. The molecular weight excluding hydrogens is 265 g/mol. The molecule has 1 aromatic rings. The first-order chi connectivity index (χ1) is 9.52. The molecule has 0 saturated heterocycles. The van der Waals surface area contributed by atoms with Crippen LogP contribution in [-0.4, -0.2) is 29.6 Å². The van der Waals surface area contributed by atoms with E-state index in [1.165, 1.54) is 18.2 Å². The van der Waals surface area contributed by atoms with Crippen molar-refractivity contribution >= 4 is 11.9 Å². The van der Waals surface area contributed by atoms with Crippen LogP contribution in [0.1, 0.15) is 12.8 Å². The molecule has 1 aromatic carbocycles. The molecule has 0 heterocycles. The third kappa shape index (κ3) is 5.40. The lowest BCUT2D eigenvalue weighted by Gasteiger charge is -2.12. The summed E-state index contributed by atoms with van der Waals surface area (Å²) in [5.74, 6) is 0.350. The number of nitrogens with one attached hydrogen (secondary N) is 1. The topological polar surface area (TPSA) is 75.6 Å².